The number of furan rings is 1. The van der Waals surface area contributed by atoms with E-state index in [1.165, 1.54) is 6.07 Å². The molecule has 120 valence electrons. The summed E-state index contributed by atoms with van der Waals surface area (Å²) in [7, 11) is 0. The first-order chi connectivity index (χ1) is 11.1. The van der Waals surface area contributed by atoms with Crippen molar-refractivity contribution in [1.29, 1.82) is 0 Å². The van der Waals surface area contributed by atoms with Gasteiger partial charge in [0.2, 0.25) is 5.76 Å². The van der Waals surface area contributed by atoms with Crippen LogP contribution in [-0.4, -0.2) is 31.6 Å². The van der Waals surface area contributed by atoms with E-state index in [1.807, 2.05) is 0 Å². The normalized spacial score (nSPS) is 13.3. The van der Waals surface area contributed by atoms with Crippen molar-refractivity contribution in [3.63, 3.8) is 0 Å². The standard InChI is InChI=1S/C16H13BrO6/c17-15-5-4-13(23-15)16(19)22-9-11(18)10-2-3-12-14(8-10)21-7-1-6-20-12/h2-5,8H,1,6-7,9H2. The number of ketones is 1. The van der Waals surface area contributed by atoms with E-state index in [9.17, 15) is 9.59 Å². The molecule has 0 bridgehead atoms. The second-order valence-electron chi connectivity index (χ2n) is 4.82. The lowest BCUT2D eigenvalue weighted by Gasteiger charge is -2.09. The van der Waals surface area contributed by atoms with E-state index >= 15 is 0 Å². The van der Waals surface area contributed by atoms with Crippen molar-refractivity contribution < 1.29 is 28.2 Å². The molecule has 0 amide bonds. The van der Waals surface area contributed by atoms with Gasteiger partial charge in [0.1, 0.15) is 0 Å². The molecule has 0 radical (unpaired) electrons. The highest BCUT2D eigenvalue weighted by Crippen LogP contribution is 2.30. The molecule has 1 aliphatic heterocycles. The average Bonchev–Trinajstić information content (AvgIpc) is 2.85. The Balaban J connectivity index is 1.64. The van der Waals surface area contributed by atoms with Crippen molar-refractivity contribution in [2.75, 3.05) is 19.8 Å². The molecule has 0 saturated carbocycles. The number of rotatable bonds is 4. The maximum atomic E-state index is 12.1. The Labute approximate surface area is 140 Å². The number of ether oxygens (including phenoxy) is 3. The van der Waals surface area contributed by atoms with E-state index in [1.54, 1.807) is 24.3 Å². The van der Waals surface area contributed by atoms with Gasteiger partial charge in [-0.1, -0.05) is 0 Å². The lowest BCUT2D eigenvalue weighted by atomic mass is 10.1. The minimum absolute atomic E-state index is 0.0309. The predicted molar refractivity (Wildman–Crippen MR) is 83.1 cm³/mol. The van der Waals surface area contributed by atoms with E-state index in [-0.39, 0.29) is 18.2 Å². The number of hydrogen-bond donors (Lipinski definition) is 0. The fourth-order valence-corrected chi connectivity index (χ4v) is 2.35. The molecular formula is C16H13BrO6. The van der Waals surface area contributed by atoms with Crippen LogP contribution in [0.2, 0.25) is 0 Å². The minimum Gasteiger partial charge on any atom is -0.490 e. The quantitative estimate of drug-likeness (QED) is 0.598. The summed E-state index contributed by atoms with van der Waals surface area (Å²) in [6, 6.07) is 7.93. The number of esters is 1. The third-order valence-electron chi connectivity index (χ3n) is 3.18. The zero-order chi connectivity index (χ0) is 16.2. The molecule has 0 unspecified atom stereocenters. The first kappa shape index (κ1) is 15.6. The van der Waals surface area contributed by atoms with Crippen LogP contribution in [0.1, 0.15) is 27.3 Å². The van der Waals surface area contributed by atoms with Crippen molar-refractivity contribution in [2.24, 2.45) is 0 Å². The molecule has 1 aliphatic rings. The van der Waals surface area contributed by atoms with E-state index in [0.29, 0.717) is 34.9 Å². The predicted octanol–water partition coefficient (Wildman–Crippen LogP) is 3.24. The summed E-state index contributed by atoms with van der Waals surface area (Å²) in [5, 5.41) is 0. The Morgan fingerprint density at radius 1 is 1.09 bits per heavy atom. The zero-order valence-electron chi connectivity index (χ0n) is 12.0. The molecule has 6 nitrogen and oxygen atoms in total. The van der Waals surface area contributed by atoms with Gasteiger partial charge in [-0.25, -0.2) is 4.79 Å². The Morgan fingerprint density at radius 2 is 1.87 bits per heavy atom. The lowest BCUT2D eigenvalue weighted by Crippen LogP contribution is -2.14. The number of Topliss-reactive ketones (excluding diaryl/α,β-unsaturated/α-hetero) is 1. The van der Waals surface area contributed by atoms with Crippen molar-refractivity contribution in [3.8, 4) is 11.5 Å². The molecule has 0 saturated heterocycles. The summed E-state index contributed by atoms with van der Waals surface area (Å²) in [5.41, 5.74) is 0.391. The van der Waals surface area contributed by atoms with Crippen LogP contribution in [0.5, 0.6) is 11.5 Å². The number of halogens is 1. The first-order valence-corrected chi connectivity index (χ1v) is 7.78. The number of hydrogen-bond acceptors (Lipinski definition) is 6. The molecule has 0 N–H and O–H groups in total. The SMILES string of the molecule is O=C(COC(=O)c1ccc(Br)o1)c1ccc2c(c1)OCCCO2. The van der Waals surface area contributed by atoms with Gasteiger partial charge in [0.05, 0.1) is 13.2 Å². The second-order valence-corrected chi connectivity index (χ2v) is 5.60. The molecule has 3 rings (SSSR count). The van der Waals surface area contributed by atoms with Crippen molar-refractivity contribution in [1.82, 2.24) is 0 Å². The van der Waals surface area contributed by atoms with Crippen molar-refractivity contribution >= 4 is 27.7 Å². The van der Waals surface area contributed by atoms with Crippen LogP contribution in [0.15, 0.2) is 39.4 Å². The summed E-state index contributed by atoms with van der Waals surface area (Å²) in [6.45, 7) is 0.737. The van der Waals surface area contributed by atoms with Crippen molar-refractivity contribution in [3.05, 3.63) is 46.3 Å². The fraction of sp³-hybridized carbons (Fsp3) is 0.250. The van der Waals surface area contributed by atoms with Gasteiger partial charge in [-0.05, 0) is 46.3 Å². The van der Waals surface area contributed by atoms with Crippen LogP contribution < -0.4 is 9.47 Å². The number of carbonyl (C=O) groups is 2. The topological polar surface area (TPSA) is 75.0 Å². The van der Waals surface area contributed by atoms with E-state index in [4.69, 9.17) is 18.6 Å². The monoisotopic (exact) mass is 380 g/mol. The van der Waals surface area contributed by atoms with E-state index in [2.05, 4.69) is 15.9 Å². The Kier molecular flexibility index (Phi) is 4.66. The maximum Gasteiger partial charge on any atom is 0.374 e. The molecule has 1 aromatic carbocycles. The van der Waals surface area contributed by atoms with Crippen LogP contribution in [-0.2, 0) is 4.74 Å². The molecule has 0 fully saturated rings. The number of benzene rings is 1. The van der Waals surface area contributed by atoms with E-state index < -0.39 is 5.97 Å². The summed E-state index contributed by atoms with van der Waals surface area (Å²) in [4.78, 5) is 23.9. The Morgan fingerprint density at radius 3 is 2.61 bits per heavy atom. The summed E-state index contributed by atoms with van der Waals surface area (Å²) >= 11 is 3.09. The number of fused-ring (bicyclic) bond motifs is 1. The highest BCUT2D eigenvalue weighted by Gasteiger charge is 2.17. The van der Waals surface area contributed by atoms with Gasteiger partial charge >= 0.3 is 5.97 Å². The molecule has 0 atom stereocenters. The zero-order valence-corrected chi connectivity index (χ0v) is 13.6. The van der Waals surface area contributed by atoms with Crippen LogP contribution >= 0.6 is 15.9 Å². The molecular weight excluding hydrogens is 368 g/mol. The van der Waals surface area contributed by atoms with Gasteiger partial charge < -0.3 is 18.6 Å². The van der Waals surface area contributed by atoms with Crippen LogP contribution in [0.4, 0.5) is 0 Å². The highest BCUT2D eigenvalue weighted by atomic mass is 79.9. The van der Waals surface area contributed by atoms with Crippen molar-refractivity contribution in [2.45, 2.75) is 6.42 Å². The lowest BCUT2D eigenvalue weighted by molar-refractivity contribution is 0.0442. The van der Waals surface area contributed by atoms with Crippen LogP contribution in [0.3, 0.4) is 0 Å². The first-order valence-electron chi connectivity index (χ1n) is 6.99. The Hall–Kier alpha value is -2.28. The van der Waals surface area contributed by atoms with Gasteiger partial charge in [-0.15, -0.1) is 0 Å². The summed E-state index contributed by atoms with van der Waals surface area (Å²) in [5.74, 6) is 0.132. The fourth-order valence-electron chi connectivity index (χ4n) is 2.05. The van der Waals surface area contributed by atoms with Gasteiger partial charge in [-0.3, -0.25) is 4.79 Å². The molecule has 2 aromatic rings. The minimum atomic E-state index is -0.696. The molecule has 0 aliphatic carbocycles. The van der Waals surface area contributed by atoms with E-state index in [0.717, 1.165) is 6.42 Å². The molecule has 7 heteroatoms. The second kappa shape index (κ2) is 6.87. The average molecular weight is 381 g/mol. The van der Waals surface area contributed by atoms with Gasteiger partial charge in [-0.2, -0.15) is 0 Å². The summed E-state index contributed by atoms with van der Waals surface area (Å²) < 4.78 is 21.5. The molecule has 1 aromatic heterocycles. The summed E-state index contributed by atoms with van der Waals surface area (Å²) in [6.07, 6.45) is 0.786. The Bertz CT molecular complexity index is 736. The smallest absolute Gasteiger partial charge is 0.374 e. The third kappa shape index (κ3) is 3.73. The molecule has 2 heterocycles. The molecule has 0 spiro atoms. The highest BCUT2D eigenvalue weighted by molar-refractivity contribution is 9.10. The third-order valence-corrected chi connectivity index (χ3v) is 3.60. The largest absolute Gasteiger partial charge is 0.490 e. The molecule has 23 heavy (non-hydrogen) atoms. The van der Waals surface area contributed by atoms with Crippen LogP contribution in [0, 0.1) is 0 Å². The van der Waals surface area contributed by atoms with Crippen LogP contribution in [0.25, 0.3) is 0 Å². The van der Waals surface area contributed by atoms with Gasteiger partial charge in [0.25, 0.3) is 0 Å². The van der Waals surface area contributed by atoms with Gasteiger partial charge in [0.15, 0.2) is 28.6 Å². The number of carbonyl (C=O) groups excluding carboxylic acids is 2. The van der Waals surface area contributed by atoms with Gasteiger partial charge in [0, 0.05) is 12.0 Å². The maximum absolute atomic E-state index is 12.1.